The fourth-order valence-electron chi connectivity index (χ4n) is 2.35. The normalized spacial score (nSPS) is 34.9. The Kier molecular flexibility index (Phi) is 2.60. The van der Waals surface area contributed by atoms with Crippen LogP contribution in [-0.2, 0) is 9.84 Å². The van der Waals surface area contributed by atoms with Crippen molar-refractivity contribution in [2.75, 3.05) is 24.6 Å². The molecule has 0 aromatic rings. The summed E-state index contributed by atoms with van der Waals surface area (Å²) in [7, 11) is -2.69. The van der Waals surface area contributed by atoms with E-state index in [1.165, 1.54) is 19.3 Å². The topological polar surface area (TPSA) is 37.4 Å². The van der Waals surface area contributed by atoms with Crippen molar-refractivity contribution in [1.82, 2.24) is 4.90 Å². The van der Waals surface area contributed by atoms with Crippen LogP contribution in [0.3, 0.4) is 0 Å². The van der Waals surface area contributed by atoms with Gasteiger partial charge in [0, 0.05) is 6.04 Å². The maximum Gasteiger partial charge on any atom is 0.151 e. The molecule has 0 N–H and O–H groups in total. The molecule has 2 fully saturated rings. The third-order valence-electron chi connectivity index (χ3n) is 3.12. The molecule has 0 spiro atoms. The Morgan fingerprint density at radius 2 is 1.77 bits per heavy atom. The lowest BCUT2D eigenvalue weighted by Crippen LogP contribution is -2.39. The highest BCUT2D eigenvalue weighted by Gasteiger charge is 2.32. The molecule has 3 nitrogen and oxygen atoms in total. The van der Waals surface area contributed by atoms with Gasteiger partial charge >= 0.3 is 0 Å². The first-order chi connectivity index (χ1) is 6.17. The fraction of sp³-hybridized carbons (Fsp3) is 1.00. The molecule has 0 aromatic heterocycles. The summed E-state index contributed by atoms with van der Waals surface area (Å²) in [6.45, 7) is 2.22. The van der Waals surface area contributed by atoms with Gasteiger partial charge in [-0.05, 0) is 32.4 Å². The van der Waals surface area contributed by atoms with E-state index in [-0.39, 0.29) is 0 Å². The Morgan fingerprint density at radius 1 is 1.08 bits per heavy atom. The van der Waals surface area contributed by atoms with Crippen LogP contribution >= 0.6 is 0 Å². The van der Waals surface area contributed by atoms with E-state index in [0.29, 0.717) is 17.5 Å². The summed E-state index contributed by atoms with van der Waals surface area (Å²) in [4.78, 5) is 2.37. The Hall–Kier alpha value is -0.0900. The smallest absolute Gasteiger partial charge is 0.151 e. The van der Waals surface area contributed by atoms with Crippen molar-refractivity contribution in [3.63, 3.8) is 0 Å². The van der Waals surface area contributed by atoms with Crippen molar-refractivity contribution in [3.8, 4) is 0 Å². The lowest BCUT2D eigenvalue weighted by Gasteiger charge is -2.31. The van der Waals surface area contributed by atoms with Crippen LogP contribution in [0.5, 0.6) is 0 Å². The number of piperidine rings is 1. The van der Waals surface area contributed by atoms with Gasteiger partial charge in [0.2, 0.25) is 0 Å². The number of likely N-dealkylation sites (tertiary alicyclic amines) is 1. The number of sulfone groups is 1. The molecular formula is C9H17NO2S. The van der Waals surface area contributed by atoms with E-state index in [9.17, 15) is 8.42 Å². The summed E-state index contributed by atoms with van der Waals surface area (Å²) < 4.78 is 22.5. The molecule has 13 heavy (non-hydrogen) atoms. The fourth-order valence-corrected chi connectivity index (χ4v) is 4.11. The summed E-state index contributed by atoms with van der Waals surface area (Å²) in [6.07, 6.45) is 4.67. The first-order valence-electron chi connectivity index (χ1n) is 5.12. The zero-order valence-electron chi connectivity index (χ0n) is 7.91. The summed E-state index contributed by atoms with van der Waals surface area (Å²) in [5.74, 6) is 0.821. The molecule has 0 amide bonds. The molecule has 76 valence electrons. The van der Waals surface area contributed by atoms with Crippen LogP contribution in [0.25, 0.3) is 0 Å². The van der Waals surface area contributed by atoms with E-state index in [1.807, 2.05) is 0 Å². The molecule has 1 atom stereocenters. The van der Waals surface area contributed by atoms with Crippen molar-refractivity contribution >= 4 is 9.84 Å². The van der Waals surface area contributed by atoms with Gasteiger partial charge in [0.1, 0.15) is 0 Å². The van der Waals surface area contributed by atoms with E-state index >= 15 is 0 Å². The summed E-state index contributed by atoms with van der Waals surface area (Å²) in [5, 5.41) is 0. The van der Waals surface area contributed by atoms with Crippen molar-refractivity contribution in [2.24, 2.45) is 0 Å². The van der Waals surface area contributed by atoms with Gasteiger partial charge in [-0.1, -0.05) is 6.42 Å². The van der Waals surface area contributed by atoms with Crippen LogP contribution in [0.1, 0.15) is 25.7 Å². The second-order valence-electron chi connectivity index (χ2n) is 4.15. The Balaban J connectivity index is 1.95. The van der Waals surface area contributed by atoms with Gasteiger partial charge in [-0.3, -0.25) is 4.90 Å². The molecule has 0 aliphatic carbocycles. The second kappa shape index (κ2) is 3.58. The zero-order valence-corrected chi connectivity index (χ0v) is 8.72. The van der Waals surface area contributed by atoms with Crippen LogP contribution in [0.4, 0.5) is 0 Å². The minimum Gasteiger partial charge on any atom is -0.299 e. The predicted molar refractivity (Wildman–Crippen MR) is 52.5 cm³/mol. The van der Waals surface area contributed by atoms with Gasteiger partial charge in [-0.25, -0.2) is 8.42 Å². The van der Waals surface area contributed by atoms with Crippen molar-refractivity contribution in [1.29, 1.82) is 0 Å². The number of rotatable bonds is 1. The summed E-state index contributed by atoms with van der Waals surface area (Å²) >= 11 is 0. The molecule has 2 rings (SSSR count). The van der Waals surface area contributed by atoms with Crippen LogP contribution < -0.4 is 0 Å². The number of hydrogen-bond acceptors (Lipinski definition) is 3. The average Bonchev–Trinajstić information content (AvgIpc) is 2.48. The number of nitrogens with zero attached hydrogens (tertiary/aromatic N) is 1. The van der Waals surface area contributed by atoms with Gasteiger partial charge in [-0.2, -0.15) is 0 Å². The molecule has 0 unspecified atom stereocenters. The van der Waals surface area contributed by atoms with E-state index in [0.717, 1.165) is 19.5 Å². The van der Waals surface area contributed by atoms with E-state index in [2.05, 4.69) is 4.90 Å². The SMILES string of the molecule is O=S1(=O)CC[C@H](N2CCCCC2)C1. The van der Waals surface area contributed by atoms with E-state index in [1.54, 1.807) is 0 Å². The van der Waals surface area contributed by atoms with Crippen LogP contribution in [0.2, 0.25) is 0 Å². The van der Waals surface area contributed by atoms with Crippen LogP contribution in [0.15, 0.2) is 0 Å². The third-order valence-corrected chi connectivity index (χ3v) is 4.87. The van der Waals surface area contributed by atoms with Gasteiger partial charge in [0.15, 0.2) is 9.84 Å². The molecule has 0 bridgehead atoms. The van der Waals surface area contributed by atoms with E-state index in [4.69, 9.17) is 0 Å². The minimum atomic E-state index is -2.69. The van der Waals surface area contributed by atoms with Gasteiger partial charge in [0.25, 0.3) is 0 Å². The van der Waals surface area contributed by atoms with Crippen LogP contribution in [-0.4, -0.2) is 44.0 Å². The molecule has 0 radical (unpaired) electrons. The highest BCUT2D eigenvalue weighted by Crippen LogP contribution is 2.21. The first-order valence-corrected chi connectivity index (χ1v) is 6.94. The van der Waals surface area contributed by atoms with Gasteiger partial charge in [0.05, 0.1) is 11.5 Å². The summed E-state index contributed by atoms with van der Waals surface area (Å²) in [6, 6.07) is 0.338. The van der Waals surface area contributed by atoms with E-state index < -0.39 is 9.84 Å². The molecular weight excluding hydrogens is 186 g/mol. The average molecular weight is 203 g/mol. The van der Waals surface area contributed by atoms with Crippen LogP contribution in [0, 0.1) is 0 Å². The molecule has 0 aromatic carbocycles. The van der Waals surface area contributed by atoms with Gasteiger partial charge < -0.3 is 0 Å². The monoisotopic (exact) mass is 203 g/mol. The van der Waals surface area contributed by atoms with Crippen molar-refractivity contribution in [2.45, 2.75) is 31.7 Å². The molecule has 2 aliphatic heterocycles. The second-order valence-corrected chi connectivity index (χ2v) is 6.38. The Bertz CT molecular complexity index is 267. The summed E-state index contributed by atoms with van der Waals surface area (Å²) in [5.41, 5.74) is 0. The van der Waals surface area contributed by atoms with Crippen molar-refractivity contribution < 1.29 is 8.42 Å². The lowest BCUT2D eigenvalue weighted by atomic mass is 10.1. The zero-order chi connectivity index (χ0) is 9.31. The largest absolute Gasteiger partial charge is 0.299 e. The lowest BCUT2D eigenvalue weighted by molar-refractivity contribution is 0.177. The highest BCUT2D eigenvalue weighted by molar-refractivity contribution is 7.91. The Morgan fingerprint density at radius 3 is 2.31 bits per heavy atom. The first kappa shape index (κ1) is 9.46. The Labute approximate surface area is 80.0 Å². The maximum absolute atomic E-state index is 11.3. The predicted octanol–water partition coefficient (Wildman–Crippen LogP) is 0.659. The maximum atomic E-state index is 11.3. The minimum absolute atomic E-state index is 0.338. The molecule has 2 heterocycles. The van der Waals surface area contributed by atoms with Gasteiger partial charge in [-0.15, -0.1) is 0 Å². The van der Waals surface area contributed by atoms with Crippen molar-refractivity contribution in [3.05, 3.63) is 0 Å². The highest BCUT2D eigenvalue weighted by atomic mass is 32.2. The molecule has 2 aliphatic rings. The quantitative estimate of drug-likeness (QED) is 0.628. The number of hydrogen-bond donors (Lipinski definition) is 0. The standard InChI is InChI=1S/C9H17NO2S/c11-13(12)7-4-9(8-13)10-5-2-1-3-6-10/h9H,1-8H2/t9-/m0/s1. The molecule has 0 saturated carbocycles. The third kappa shape index (κ3) is 2.23. The molecule has 2 saturated heterocycles. The molecule has 4 heteroatoms.